The molecule has 1 N–H and O–H groups in total. The van der Waals surface area contributed by atoms with Gasteiger partial charge in [0.25, 0.3) is 0 Å². The van der Waals surface area contributed by atoms with Gasteiger partial charge in [-0.2, -0.15) is 0 Å². The minimum Gasteiger partial charge on any atom is -0.467 e. The summed E-state index contributed by atoms with van der Waals surface area (Å²) < 4.78 is 16.4. The van der Waals surface area contributed by atoms with Crippen molar-refractivity contribution in [3.05, 3.63) is 48.6 Å². The van der Waals surface area contributed by atoms with E-state index >= 15 is 0 Å². The van der Waals surface area contributed by atoms with Gasteiger partial charge in [0, 0.05) is 13.0 Å². The van der Waals surface area contributed by atoms with Crippen LogP contribution in [0.5, 0.6) is 0 Å². The number of nitrogens with one attached hydrogen (secondary N) is 1. The number of rotatable bonds is 12. The van der Waals surface area contributed by atoms with Crippen molar-refractivity contribution in [3.8, 4) is 0 Å². The summed E-state index contributed by atoms with van der Waals surface area (Å²) in [4.78, 5) is 40.1. The standard InChI is InChI=1S/C27H40N2O6/c1-6-7-8-9-13-16-22(28-26(32)35-27(2,3)4)24(30)29-18-21(17-23(29)25(31)33-5)34-19-20-14-11-10-12-15-20/h6,10-12,14-15,21-23H,1,7-9,13,16-19H2,2-5H3,(H,28,32)/t21-,22+,23+/m1/s1. The molecule has 0 saturated carbocycles. The Labute approximate surface area is 209 Å². The summed E-state index contributed by atoms with van der Waals surface area (Å²) in [6.45, 7) is 9.65. The number of nitrogens with zero attached hydrogens (tertiary/aromatic N) is 1. The molecule has 1 aromatic carbocycles. The van der Waals surface area contributed by atoms with E-state index in [4.69, 9.17) is 14.2 Å². The molecule has 1 saturated heterocycles. The quantitative estimate of drug-likeness (QED) is 0.267. The van der Waals surface area contributed by atoms with Crippen LogP contribution in [0.3, 0.4) is 0 Å². The van der Waals surface area contributed by atoms with Gasteiger partial charge in [-0.05, 0) is 45.6 Å². The number of likely N-dealkylation sites (tertiary alicyclic amines) is 1. The molecule has 1 fully saturated rings. The van der Waals surface area contributed by atoms with Gasteiger partial charge >= 0.3 is 12.1 Å². The van der Waals surface area contributed by atoms with Crippen LogP contribution in [0.25, 0.3) is 0 Å². The van der Waals surface area contributed by atoms with E-state index in [0.717, 1.165) is 31.2 Å². The molecule has 194 valence electrons. The monoisotopic (exact) mass is 488 g/mol. The fourth-order valence-electron chi connectivity index (χ4n) is 4.03. The lowest BCUT2D eigenvalue weighted by atomic mass is 10.1. The number of hydrogen-bond donors (Lipinski definition) is 1. The first-order valence-corrected chi connectivity index (χ1v) is 12.3. The van der Waals surface area contributed by atoms with Gasteiger partial charge in [-0.25, -0.2) is 9.59 Å². The van der Waals surface area contributed by atoms with E-state index < -0.39 is 29.7 Å². The van der Waals surface area contributed by atoms with Gasteiger partial charge < -0.3 is 24.4 Å². The maximum absolute atomic E-state index is 13.6. The van der Waals surface area contributed by atoms with Crippen LogP contribution in [-0.4, -0.2) is 60.3 Å². The predicted octanol–water partition coefficient (Wildman–Crippen LogP) is 4.38. The van der Waals surface area contributed by atoms with Crippen LogP contribution in [0.4, 0.5) is 4.79 Å². The van der Waals surface area contributed by atoms with E-state index in [-0.39, 0.29) is 18.6 Å². The molecule has 0 bridgehead atoms. The molecule has 0 radical (unpaired) electrons. The van der Waals surface area contributed by atoms with Crippen LogP contribution in [0, 0.1) is 0 Å². The maximum Gasteiger partial charge on any atom is 0.408 e. The number of methoxy groups -OCH3 is 1. The molecule has 3 atom stereocenters. The topological polar surface area (TPSA) is 94.2 Å². The number of carbonyl (C=O) groups is 3. The average Bonchev–Trinajstić information content (AvgIpc) is 3.24. The first-order chi connectivity index (χ1) is 16.6. The van der Waals surface area contributed by atoms with Crippen molar-refractivity contribution >= 4 is 18.0 Å². The number of esters is 1. The average molecular weight is 489 g/mol. The molecule has 0 aliphatic carbocycles. The van der Waals surface area contributed by atoms with Crippen LogP contribution in [-0.2, 0) is 30.4 Å². The third-order valence-electron chi connectivity index (χ3n) is 5.74. The number of alkyl carbamates (subject to hydrolysis) is 1. The van der Waals surface area contributed by atoms with Crippen molar-refractivity contribution in [2.75, 3.05) is 13.7 Å². The summed E-state index contributed by atoms with van der Waals surface area (Å²) in [5, 5.41) is 2.73. The molecular formula is C27H40N2O6. The first-order valence-electron chi connectivity index (χ1n) is 12.3. The molecule has 1 aliphatic rings. The van der Waals surface area contributed by atoms with Gasteiger partial charge in [-0.1, -0.05) is 49.2 Å². The maximum atomic E-state index is 13.6. The van der Waals surface area contributed by atoms with Crippen LogP contribution in [0.1, 0.15) is 64.9 Å². The molecule has 8 heteroatoms. The van der Waals surface area contributed by atoms with Gasteiger partial charge in [0.1, 0.15) is 17.7 Å². The highest BCUT2D eigenvalue weighted by Gasteiger charge is 2.43. The van der Waals surface area contributed by atoms with Crippen molar-refractivity contribution in [1.29, 1.82) is 0 Å². The Bertz CT molecular complexity index is 836. The summed E-state index contributed by atoms with van der Waals surface area (Å²) in [5.74, 6) is -0.827. The second-order valence-corrected chi connectivity index (χ2v) is 9.81. The Morgan fingerprint density at radius 3 is 2.51 bits per heavy atom. The summed E-state index contributed by atoms with van der Waals surface area (Å²) in [6.07, 6.45) is 5.15. The first kappa shape index (κ1) is 28.4. The van der Waals surface area contributed by atoms with Gasteiger partial charge in [-0.15, -0.1) is 6.58 Å². The molecule has 1 heterocycles. The fourth-order valence-corrected chi connectivity index (χ4v) is 4.03. The number of unbranched alkanes of at least 4 members (excludes halogenated alkanes) is 3. The molecule has 35 heavy (non-hydrogen) atoms. The second-order valence-electron chi connectivity index (χ2n) is 9.81. The van der Waals surface area contributed by atoms with Crippen molar-refractivity contribution in [2.45, 2.75) is 89.7 Å². The Balaban J connectivity index is 2.11. The smallest absolute Gasteiger partial charge is 0.408 e. The van der Waals surface area contributed by atoms with E-state index in [9.17, 15) is 14.4 Å². The molecule has 0 unspecified atom stereocenters. The molecule has 2 rings (SSSR count). The molecule has 2 amide bonds. The van der Waals surface area contributed by atoms with Gasteiger partial charge in [-0.3, -0.25) is 4.79 Å². The molecule has 0 spiro atoms. The van der Waals surface area contributed by atoms with Crippen molar-refractivity contribution in [2.24, 2.45) is 0 Å². The third kappa shape index (κ3) is 9.72. The van der Waals surface area contributed by atoms with Crippen LogP contribution in [0.15, 0.2) is 43.0 Å². The van der Waals surface area contributed by atoms with Gasteiger partial charge in [0.15, 0.2) is 0 Å². The molecule has 1 aromatic rings. The zero-order valence-corrected chi connectivity index (χ0v) is 21.5. The normalized spacial score (nSPS) is 18.6. The Morgan fingerprint density at radius 1 is 1.17 bits per heavy atom. The van der Waals surface area contributed by atoms with E-state index in [2.05, 4.69) is 11.9 Å². The van der Waals surface area contributed by atoms with E-state index in [1.807, 2.05) is 36.4 Å². The minimum atomic E-state index is -0.811. The second kappa shape index (κ2) is 13.9. The molecule has 1 aliphatic heterocycles. The lowest BCUT2D eigenvalue weighted by Crippen LogP contribution is -2.52. The zero-order chi connectivity index (χ0) is 25.8. The summed E-state index contributed by atoms with van der Waals surface area (Å²) in [7, 11) is 1.30. The number of amides is 2. The van der Waals surface area contributed by atoms with Crippen LogP contribution in [0.2, 0.25) is 0 Å². The summed E-state index contributed by atoms with van der Waals surface area (Å²) >= 11 is 0. The van der Waals surface area contributed by atoms with Gasteiger partial charge in [0.2, 0.25) is 5.91 Å². The predicted molar refractivity (Wildman–Crippen MR) is 134 cm³/mol. The largest absolute Gasteiger partial charge is 0.467 e. The fraction of sp³-hybridized carbons (Fsp3) is 0.593. The number of allylic oxidation sites excluding steroid dienone is 1. The Hall–Kier alpha value is -2.87. The van der Waals surface area contributed by atoms with E-state index in [1.165, 1.54) is 12.0 Å². The number of hydrogen-bond acceptors (Lipinski definition) is 6. The van der Waals surface area contributed by atoms with Crippen LogP contribution < -0.4 is 5.32 Å². The molecule has 0 aromatic heterocycles. The summed E-state index contributed by atoms with van der Waals surface area (Å²) in [5.41, 5.74) is 0.316. The van der Waals surface area contributed by atoms with Crippen molar-refractivity contribution < 1.29 is 28.6 Å². The zero-order valence-electron chi connectivity index (χ0n) is 21.5. The van der Waals surface area contributed by atoms with Gasteiger partial charge in [0.05, 0.1) is 19.8 Å². The highest BCUT2D eigenvalue weighted by Crippen LogP contribution is 2.25. The molecular weight excluding hydrogens is 448 g/mol. The number of ether oxygens (including phenoxy) is 3. The SMILES string of the molecule is C=CCCCCC[C@H](NC(=O)OC(C)(C)C)C(=O)N1C[C@H](OCc2ccccc2)C[C@H]1C(=O)OC. The summed E-state index contributed by atoms with van der Waals surface area (Å²) in [6, 6.07) is 8.14. The highest BCUT2D eigenvalue weighted by atomic mass is 16.6. The Morgan fingerprint density at radius 2 is 1.89 bits per heavy atom. The van der Waals surface area contributed by atoms with E-state index in [1.54, 1.807) is 20.8 Å². The number of carbonyl (C=O) groups excluding carboxylic acids is 3. The van der Waals surface area contributed by atoms with E-state index in [0.29, 0.717) is 19.4 Å². The lowest BCUT2D eigenvalue weighted by Gasteiger charge is -2.29. The van der Waals surface area contributed by atoms with Crippen molar-refractivity contribution in [1.82, 2.24) is 10.2 Å². The highest BCUT2D eigenvalue weighted by molar-refractivity contribution is 5.90. The Kier molecular flexibility index (Phi) is 11.2. The third-order valence-corrected chi connectivity index (χ3v) is 5.74. The molecule has 8 nitrogen and oxygen atoms in total. The number of benzene rings is 1. The minimum absolute atomic E-state index is 0.244. The lowest BCUT2D eigenvalue weighted by molar-refractivity contribution is -0.151. The van der Waals surface area contributed by atoms with Crippen LogP contribution >= 0.6 is 0 Å². The van der Waals surface area contributed by atoms with Crippen molar-refractivity contribution in [3.63, 3.8) is 0 Å².